The molecule has 0 rings (SSSR count). The van der Waals surface area contributed by atoms with Crippen LogP contribution in [0.1, 0.15) is 27.2 Å². The zero-order chi connectivity index (χ0) is 12.9. The van der Waals surface area contributed by atoms with Gasteiger partial charge in [-0.15, -0.1) is 0 Å². The lowest BCUT2D eigenvalue weighted by Crippen LogP contribution is -2.46. The van der Waals surface area contributed by atoms with E-state index >= 15 is 0 Å². The zero-order valence-corrected chi connectivity index (χ0v) is 9.50. The molecule has 94 valence electrons. The molecule has 0 bridgehead atoms. The van der Waals surface area contributed by atoms with E-state index in [0.717, 1.165) is 0 Å². The molecule has 6 heteroatoms. The number of carboxylic acid groups (broad SMARTS) is 1. The Balaban J connectivity index is 5.25. The Bertz CT molecular complexity index is 266. The Labute approximate surface area is 92.6 Å². The Hall–Kier alpha value is -1.20. The lowest BCUT2D eigenvalue weighted by molar-refractivity contribution is -0.176. The molecule has 0 fully saturated rings. The average molecular weight is 238 g/mol. The largest absolute Gasteiger partial charge is 0.480 e. The summed E-state index contributed by atoms with van der Waals surface area (Å²) in [4.78, 5) is 22.6. The van der Waals surface area contributed by atoms with Gasteiger partial charge in [0.1, 0.15) is 0 Å². The van der Waals surface area contributed by atoms with E-state index in [2.05, 4.69) is 4.74 Å². The second kappa shape index (κ2) is 5.77. The van der Waals surface area contributed by atoms with Crippen molar-refractivity contribution in [1.82, 2.24) is 0 Å². The highest BCUT2D eigenvalue weighted by Gasteiger charge is 2.52. The van der Waals surface area contributed by atoms with Crippen LogP contribution in [-0.2, 0) is 14.3 Å². The molecule has 1 atom stereocenters. The number of ether oxygens (including phenoxy) is 1. The van der Waals surface area contributed by atoms with E-state index in [1.807, 2.05) is 0 Å². The van der Waals surface area contributed by atoms with Crippen molar-refractivity contribution < 1.29 is 28.2 Å². The van der Waals surface area contributed by atoms with E-state index < -0.39 is 36.1 Å². The minimum Gasteiger partial charge on any atom is -0.480 e. The summed E-state index contributed by atoms with van der Waals surface area (Å²) in [5.74, 6) is -3.43. The van der Waals surface area contributed by atoms with E-state index in [4.69, 9.17) is 5.11 Å². The standard InChI is InChI=1S/C10H16F2O4/c1-4-16-9(15)10(6(2)3,8(13)14)5-7(11)12/h6-7H,4-5H2,1-3H3,(H,13,14). The van der Waals surface area contributed by atoms with E-state index in [1.54, 1.807) is 0 Å². The third kappa shape index (κ3) is 2.90. The first-order valence-corrected chi connectivity index (χ1v) is 4.97. The molecule has 0 aliphatic heterocycles. The van der Waals surface area contributed by atoms with Crippen LogP contribution in [0.3, 0.4) is 0 Å². The first-order valence-electron chi connectivity index (χ1n) is 4.97. The van der Waals surface area contributed by atoms with Gasteiger partial charge in [-0.3, -0.25) is 9.59 Å². The van der Waals surface area contributed by atoms with Gasteiger partial charge in [-0.2, -0.15) is 0 Å². The number of carbonyl (C=O) groups is 2. The second-order valence-electron chi connectivity index (χ2n) is 3.75. The van der Waals surface area contributed by atoms with Crippen molar-refractivity contribution in [2.75, 3.05) is 6.61 Å². The number of alkyl halides is 2. The van der Waals surface area contributed by atoms with Crippen molar-refractivity contribution in [2.45, 2.75) is 33.6 Å². The molecule has 1 unspecified atom stereocenters. The molecular weight excluding hydrogens is 222 g/mol. The molecule has 0 radical (unpaired) electrons. The quantitative estimate of drug-likeness (QED) is 0.567. The van der Waals surface area contributed by atoms with Crippen LogP contribution in [0.4, 0.5) is 8.78 Å². The number of aliphatic carboxylic acids is 1. The predicted molar refractivity (Wildman–Crippen MR) is 52.2 cm³/mol. The highest BCUT2D eigenvalue weighted by Crippen LogP contribution is 2.36. The molecular formula is C10H16F2O4. The van der Waals surface area contributed by atoms with Gasteiger partial charge in [-0.25, -0.2) is 8.78 Å². The smallest absolute Gasteiger partial charge is 0.323 e. The normalized spacial score (nSPS) is 14.9. The van der Waals surface area contributed by atoms with E-state index in [1.165, 1.54) is 20.8 Å². The average Bonchev–Trinajstić information content (AvgIpc) is 2.12. The van der Waals surface area contributed by atoms with Gasteiger partial charge in [-0.1, -0.05) is 13.8 Å². The number of hydrogen-bond donors (Lipinski definition) is 1. The molecule has 0 aromatic rings. The Morgan fingerprint density at radius 1 is 1.38 bits per heavy atom. The summed E-state index contributed by atoms with van der Waals surface area (Å²) in [5.41, 5.74) is -2.16. The fraction of sp³-hybridized carbons (Fsp3) is 0.800. The van der Waals surface area contributed by atoms with E-state index in [9.17, 15) is 18.4 Å². The van der Waals surface area contributed by atoms with E-state index in [-0.39, 0.29) is 6.61 Å². The van der Waals surface area contributed by atoms with Crippen LogP contribution in [0.15, 0.2) is 0 Å². The summed E-state index contributed by atoms with van der Waals surface area (Å²) < 4.78 is 29.3. The summed E-state index contributed by atoms with van der Waals surface area (Å²) in [6.45, 7) is 4.28. The lowest BCUT2D eigenvalue weighted by Gasteiger charge is -2.30. The molecule has 0 aromatic carbocycles. The maximum atomic E-state index is 12.4. The van der Waals surface area contributed by atoms with Gasteiger partial charge < -0.3 is 9.84 Å². The third-order valence-corrected chi connectivity index (χ3v) is 2.48. The van der Waals surface area contributed by atoms with Gasteiger partial charge in [0, 0.05) is 6.42 Å². The first-order chi connectivity index (χ1) is 7.28. The SMILES string of the molecule is CCOC(=O)C(CC(F)F)(C(=O)O)C(C)C. The second-order valence-corrected chi connectivity index (χ2v) is 3.75. The number of carboxylic acids is 1. The van der Waals surface area contributed by atoms with Crippen LogP contribution in [-0.4, -0.2) is 30.1 Å². The fourth-order valence-electron chi connectivity index (χ4n) is 1.48. The van der Waals surface area contributed by atoms with Crippen molar-refractivity contribution in [1.29, 1.82) is 0 Å². The van der Waals surface area contributed by atoms with Crippen LogP contribution in [0.5, 0.6) is 0 Å². The van der Waals surface area contributed by atoms with Crippen molar-refractivity contribution >= 4 is 11.9 Å². The highest BCUT2D eigenvalue weighted by molar-refractivity contribution is 5.99. The Morgan fingerprint density at radius 2 is 1.88 bits per heavy atom. The maximum Gasteiger partial charge on any atom is 0.323 e. The summed E-state index contributed by atoms with van der Waals surface area (Å²) >= 11 is 0. The summed E-state index contributed by atoms with van der Waals surface area (Å²) in [5, 5.41) is 9.01. The lowest BCUT2D eigenvalue weighted by atomic mass is 9.74. The number of esters is 1. The van der Waals surface area contributed by atoms with Crippen LogP contribution in [0, 0.1) is 11.3 Å². The van der Waals surface area contributed by atoms with Gasteiger partial charge in [0.25, 0.3) is 0 Å². The number of halogens is 2. The van der Waals surface area contributed by atoms with Crippen LogP contribution in [0.25, 0.3) is 0 Å². The topological polar surface area (TPSA) is 63.6 Å². The molecule has 0 heterocycles. The van der Waals surface area contributed by atoms with Gasteiger partial charge in [0.15, 0.2) is 5.41 Å². The van der Waals surface area contributed by atoms with Gasteiger partial charge in [0.05, 0.1) is 6.61 Å². The highest BCUT2D eigenvalue weighted by atomic mass is 19.3. The fourth-order valence-corrected chi connectivity index (χ4v) is 1.48. The molecule has 0 aliphatic rings. The molecule has 16 heavy (non-hydrogen) atoms. The Morgan fingerprint density at radius 3 is 2.12 bits per heavy atom. The van der Waals surface area contributed by atoms with Crippen molar-refractivity contribution in [3.05, 3.63) is 0 Å². The van der Waals surface area contributed by atoms with Crippen molar-refractivity contribution in [3.8, 4) is 0 Å². The van der Waals surface area contributed by atoms with E-state index in [0.29, 0.717) is 0 Å². The minimum absolute atomic E-state index is 0.0379. The van der Waals surface area contributed by atoms with Crippen molar-refractivity contribution in [2.24, 2.45) is 11.3 Å². The van der Waals surface area contributed by atoms with Crippen LogP contribution >= 0.6 is 0 Å². The number of hydrogen-bond acceptors (Lipinski definition) is 3. The third-order valence-electron chi connectivity index (χ3n) is 2.48. The molecule has 0 aliphatic carbocycles. The molecule has 0 aromatic heterocycles. The van der Waals surface area contributed by atoms with Gasteiger partial charge in [-0.05, 0) is 12.8 Å². The minimum atomic E-state index is -2.87. The maximum absolute atomic E-state index is 12.4. The molecule has 0 spiro atoms. The summed E-state index contributed by atoms with van der Waals surface area (Å²) in [6.07, 6.45) is -3.90. The summed E-state index contributed by atoms with van der Waals surface area (Å²) in [6, 6.07) is 0. The van der Waals surface area contributed by atoms with Gasteiger partial charge in [0.2, 0.25) is 6.43 Å². The number of rotatable bonds is 6. The zero-order valence-electron chi connectivity index (χ0n) is 9.50. The monoisotopic (exact) mass is 238 g/mol. The molecule has 0 amide bonds. The van der Waals surface area contributed by atoms with Gasteiger partial charge >= 0.3 is 11.9 Å². The molecule has 0 saturated heterocycles. The molecule has 1 N–H and O–H groups in total. The Kier molecular flexibility index (Phi) is 5.33. The molecule has 4 nitrogen and oxygen atoms in total. The summed E-state index contributed by atoms with van der Waals surface area (Å²) in [7, 11) is 0. The first kappa shape index (κ1) is 14.8. The number of carbonyl (C=O) groups excluding carboxylic acids is 1. The van der Waals surface area contributed by atoms with Crippen LogP contribution < -0.4 is 0 Å². The molecule has 0 saturated carbocycles. The van der Waals surface area contributed by atoms with Crippen molar-refractivity contribution in [3.63, 3.8) is 0 Å². The van der Waals surface area contributed by atoms with Crippen LogP contribution in [0.2, 0.25) is 0 Å². The predicted octanol–water partition coefficient (Wildman–Crippen LogP) is 1.93.